The van der Waals surface area contributed by atoms with Gasteiger partial charge in [-0.15, -0.1) is 0 Å². The number of carboxylic acids is 2. The van der Waals surface area contributed by atoms with E-state index >= 15 is 0 Å². The average Bonchev–Trinajstić information content (AvgIpc) is 2.73. The number of benzene rings is 1. The quantitative estimate of drug-likeness (QED) is 0.449. The van der Waals surface area contributed by atoms with Crippen LogP contribution >= 0.6 is 0 Å². The van der Waals surface area contributed by atoms with Gasteiger partial charge in [0.25, 0.3) is 0 Å². The Balaban J connectivity index is 1.96. The standard InChI is InChI=1S/C25H29NO6/c1-14-8-4-7-11-19(14)32-20(27)13-12-17-9-5-6-10-18(17)23-21(24(28)29)15(2)26-16(3)22(23)25(30)31/h5-6,9-10,12-14,19,23,26H,4,7-8,11H2,1-3H3,(H,28,29)(H,30,31)/b13-12+. The molecule has 1 heterocycles. The summed E-state index contributed by atoms with van der Waals surface area (Å²) in [5, 5.41) is 22.5. The van der Waals surface area contributed by atoms with Crippen molar-refractivity contribution in [1.82, 2.24) is 5.32 Å². The summed E-state index contributed by atoms with van der Waals surface area (Å²) in [5.74, 6) is -3.52. The van der Waals surface area contributed by atoms with E-state index in [1.807, 2.05) is 0 Å². The fourth-order valence-corrected chi connectivity index (χ4v) is 4.60. The van der Waals surface area contributed by atoms with Crippen LogP contribution in [0.3, 0.4) is 0 Å². The Morgan fingerprint density at radius 2 is 1.59 bits per heavy atom. The number of carbonyl (C=O) groups excluding carboxylic acids is 1. The van der Waals surface area contributed by atoms with Gasteiger partial charge < -0.3 is 20.3 Å². The zero-order valence-corrected chi connectivity index (χ0v) is 18.6. The summed E-state index contributed by atoms with van der Waals surface area (Å²) in [7, 11) is 0. The second-order valence-corrected chi connectivity index (χ2v) is 8.44. The normalized spacial score (nSPS) is 22.1. The molecule has 2 unspecified atom stereocenters. The Hall–Kier alpha value is -3.35. The van der Waals surface area contributed by atoms with Crippen molar-refractivity contribution in [2.75, 3.05) is 0 Å². The third kappa shape index (κ3) is 4.93. The predicted molar refractivity (Wildman–Crippen MR) is 120 cm³/mol. The van der Waals surface area contributed by atoms with Crippen molar-refractivity contribution in [1.29, 1.82) is 0 Å². The molecule has 0 bridgehead atoms. The summed E-state index contributed by atoms with van der Waals surface area (Å²) in [6, 6.07) is 6.90. The molecule has 32 heavy (non-hydrogen) atoms. The van der Waals surface area contributed by atoms with Gasteiger partial charge >= 0.3 is 17.9 Å². The van der Waals surface area contributed by atoms with Gasteiger partial charge in [0.1, 0.15) is 6.10 Å². The third-order valence-corrected chi connectivity index (χ3v) is 6.23. The maximum atomic E-state index is 12.4. The number of aliphatic carboxylic acids is 2. The third-order valence-electron chi connectivity index (χ3n) is 6.23. The molecule has 1 saturated carbocycles. The van der Waals surface area contributed by atoms with Crippen LogP contribution in [0.25, 0.3) is 6.08 Å². The molecule has 0 radical (unpaired) electrons. The van der Waals surface area contributed by atoms with E-state index in [0.717, 1.165) is 25.7 Å². The Morgan fingerprint density at radius 3 is 2.19 bits per heavy atom. The SMILES string of the molecule is CC1=C(C(=O)O)C(c2ccccc2/C=C/C(=O)OC2CCCCC2C)C(C(=O)O)=C(C)N1. The molecule has 0 spiro atoms. The molecule has 1 aliphatic heterocycles. The molecule has 0 aromatic heterocycles. The Labute approximate surface area is 187 Å². The maximum absolute atomic E-state index is 12.4. The van der Waals surface area contributed by atoms with E-state index in [-0.39, 0.29) is 17.3 Å². The number of allylic oxidation sites excluding steroid dienone is 2. The van der Waals surface area contributed by atoms with Crippen molar-refractivity contribution in [3.8, 4) is 0 Å². The summed E-state index contributed by atoms with van der Waals surface area (Å²) < 4.78 is 5.62. The van der Waals surface area contributed by atoms with Gasteiger partial charge in [-0.2, -0.15) is 0 Å². The molecular formula is C25H29NO6. The first kappa shape index (κ1) is 23.3. The molecule has 1 aromatic carbocycles. The van der Waals surface area contributed by atoms with E-state index in [2.05, 4.69) is 12.2 Å². The zero-order valence-electron chi connectivity index (χ0n) is 18.6. The summed E-state index contributed by atoms with van der Waals surface area (Å²) >= 11 is 0. The number of hydrogen-bond acceptors (Lipinski definition) is 5. The number of ether oxygens (including phenoxy) is 1. The van der Waals surface area contributed by atoms with Gasteiger partial charge in [-0.05, 0) is 56.2 Å². The van der Waals surface area contributed by atoms with Crippen LogP contribution in [-0.2, 0) is 19.1 Å². The lowest BCUT2D eigenvalue weighted by molar-refractivity contribution is -0.147. The number of carboxylic acid groups (broad SMARTS) is 2. The van der Waals surface area contributed by atoms with Gasteiger partial charge in [0.2, 0.25) is 0 Å². The van der Waals surface area contributed by atoms with Gasteiger partial charge in [0, 0.05) is 17.5 Å². The molecule has 1 aliphatic carbocycles. The van der Waals surface area contributed by atoms with Crippen LogP contribution in [0.1, 0.15) is 63.5 Å². The monoisotopic (exact) mass is 439 g/mol. The molecule has 1 fully saturated rings. The molecule has 7 nitrogen and oxygen atoms in total. The van der Waals surface area contributed by atoms with Crippen LogP contribution in [0.5, 0.6) is 0 Å². The second-order valence-electron chi connectivity index (χ2n) is 8.44. The molecule has 2 aliphatic rings. The Morgan fingerprint density at radius 1 is 1.00 bits per heavy atom. The average molecular weight is 440 g/mol. The van der Waals surface area contributed by atoms with Gasteiger partial charge in [-0.1, -0.05) is 37.6 Å². The van der Waals surface area contributed by atoms with Crippen LogP contribution < -0.4 is 5.32 Å². The van der Waals surface area contributed by atoms with E-state index in [1.54, 1.807) is 44.2 Å². The van der Waals surface area contributed by atoms with Crippen LogP contribution in [0.2, 0.25) is 0 Å². The molecular weight excluding hydrogens is 410 g/mol. The van der Waals surface area contributed by atoms with E-state index < -0.39 is 23.8 Å². The first-order valence-electron chi connectivity index (χ1n) is 10.8. The van der Waals surface area contributed by atoms with Crippen molar-refractivity contribution >= 4 is 24.0 Å². The highest BCUT2D eigenvalue weighted by atomic mass is 16.5. The largest absolute Gasteiger partial charge is 0.478 e. The Kier molecular flexibility index (Phi) is 7.18. The lowest BCUT2D eigenvalue weighted by Crippen LogP contribution is -2.31. The minimum atomic E-state index is -1.20. The predicted octanol–water partition coefficient (Wildman–Crippen LogP) is 4.23. The highest BCUT2D eigenvalue weighted by molar-refractivity contribution is 5.99. The van der Waals surface area contributed by atoms with Gasteiger partial charge in [0.05, 0.1) is 17.1 Å². The van der Waals surface area contributed by atoms with Crippen molar-refractivity contribution in [3.63, 3.8) is 0 Å². The highest BCUT2D eigenvalue weighted by Crippen LogP contribution is 2.40. The lowest BCUT2D eigenvalue weighted by atomic mass is 9.78. The van der Waals surface area contributed by atoms with Crippen LogP contribution in [0, 0.1) is 5.92 Å². The number of carbonyl (C=O) groups is 3. The van der Waals surface area contributed by atoms with E-state index in [0.29, 0.717) is 28.4 Å². The molecule has 2 atom stereocenters. The summed E-state index contributed by atoms with van der Waals surface area (Å²) in [4.78, 5) is 36.5. The molecule has 1 aromatic rings. The molecule has 170 valence electrons. The summed E-state index contributed by atoms with van der Waals surface area (Å²) in [5.41, 5.74) is 1.76. The van der Waals surface area contributed by atoms with Crippen LogP contribution in [0.4, 0.5) is 0 Å². The smallest absolute Gasteiger partial charge is 0.334 e. The van der Waals surface area contributed by atoms with Crippen LogP contribution in [-0.4, -0.2) is 34.2 Å². The molecule has 0 saturated heterocycles. The first-order chi connectivity index (χ1) is 15.2. The minimum Gasteiger partial charge on any atom is -0.478 e. The van der Waals surface area contributed by atoms with Crippen molar-refractivity contribution < 1.29 is 29.3 Å². The lowest BCUT2D eigenvalue weighted by Gasteiger charge is -2.29. The van der Waals surface area contributed by atoms with E-state index in [9.17, 15) is 24.6 Å². The molecule has 3 rings (SSSR count). The number of hydrogen-bond donors (Lipinski definition) is 3. The van der Waals surface area contributed by atoms with Crippen molar-refractivity contribution in [2.45, 2.75) is 58.5 Å². The second kappa shape index (κ2) is 9.85. The minimum absolute atomic E-state index is 0.0348. The Bertz CT molecular complexity index is 983. The fraction of sp³-hybridized carbons (Fsp3) is 0.400. The topological polar surface area (TPSA) is 113 Å². The zero-order chi connectivity index (χ0) is 23.4. The maximum Gasteiger partial charge on any atom is 0.334 e. The van der Waals surface area contributed by atoms with Gasteiger partial charge in [-0.25, -0.2) is 14.4 Å². The number of nitrogens with one attached hydrogen (secondary N) is 1. The van der Waals surface area contributed by atoms with Crippen molar-refractivity contribution in [3.05, 3.63) is 64.0 Å². The number of rotatable bonds is 6. The van der Waals surface area contributed by atoms with Gasteiger partial charge in [0.15, 0.2) is 0 Å². The van der Waals surface area contributed by atoms with E-state index in [1.165, 1.54) is 6.08 Å². The summed E-state index contributed by atoms with van der Waals surface area (Å²) in [6.07, 6.45) is 6.86. The number of esters is 1. The number of dihydropyridines is 1. The van der Waals surface area contributed by atoms with Gasteiger partial charge in [-0.3, -0.25) is 0 Å². The highest BCUT2D eigenvalue weighted by Gasteiger charge is 2.37. The molecule has 3 N–H and O–H groups in total. The first-order valence-corrected chi connectivity index (χ1v) is 10.8. The summed E-state index contributed by atoms with van der Waals surface area (Å²) in [6.45, 7) is 5.30. The fourth-order valence-electron chi connectivity index (χ4n) is 4.60. The van der Waals surface area contributed by atoms with Crippen molar-refractivity contribution in [2.24, 2.45) is 5.92 Å². The molecule has 7 heteroatoms. The molecule has 0 amide bonds. The van der Waals surface area contributed by atoms with Crippen LogP contribution in [0.15, 0.2) is 52.9 Å². The van der Waals surface area contributed by atoms with E-state index in [4.69, 9.17) is 4.74 Å².